The predicted octanol–water partition coefficient (Wildman–Crippen LogP) is 2.43. The van der Waals surface area contributed by atoms with E-state index in [9.17, 15) is 5.11 Å². The Morgan fingerprint density at radius 2 is 1.78 bits per heavy atom. The molecule has 18 heavy (non-hydrogen) atoms. The molecule has 0 spiro atoms. The second-order valence-electron chi connectivity index (χ2n) is 4.51. The maximum absolute atomic E-state index is 10.1. The van der Waals surface area contributed by atoms with Gasteiger partial charge in [0.25, 0.3) is 0 Å². The van der Waals surface area contributed by atoms with Gasteiger partial charge in [-0.1, -0.05) is 11.6 Å². The lowest BCUT2D eigenvalue weighted by molar-refractivity contribution is 0.148. The lowest BCUT2D eigenvalue weighted by Crippen LogP contribution is -2.13. The van der Waals surface area contributed by atoms with Crippen molar-refractivity contribution < 1.29 is 19.3 Å². The van der Waals surface area contributed by atoms with Crippen LogP contribution < -0.4 is 14.2 Å². The zero-order valence-electron chi connectivity index (χ0n) is 10.7. The van der Waals surface area contributed by atoms with Crippen LogP contribution in [0.2, 0.25) is 5.02 Å². The fourth-order valence-corrected chi connectivity index (χ4v) is 2.34. The van der Waals surface area contributed by atoms with E-state index in [4.69, 9.17) is 25.8 Å². The number of methoxy groups -OCH3 is 3. The van der Waals surface area contributed by atoms with E-state index in [1.807, 2.05) is 0 Å². The molecular weight excluding hydrogens is 256 g/mol. The van der Waals surface area contributed by atoms with Gasteiger partial charge in [-0.05, 0) is 12.8 Å². The molecule has 1 aliphatic carbocycles. The maximum Gasteiger partial charge on any atom is 0.167 e. The molecule has 1 N–H and O–H groups in total. The van der Waals surface area contributed by atoms with Crippen LogP contribution in [0.3, 0.4) is 0 Å². The van der Waals surface area contributed by atoms with E-state index in [-0.39, 0.29) is 0 Å². The molecule has 0 radical (unpaired) electrons. The number of ether oxygens (including phenoxy) is 3. The Morgan fingerprint density at radius 3 is 2.22 bits per heavy atom. The van der Waals surface area contributed by atoms with Gasteiger partial charge in [0.05, 0.1) is 32.0 Å². The van der Waals surface area contributed by atoms with Crippen LogP contribution in [0, 0.1) is 0 Å². The number of hydrogen-bond donors (Lipinski definition) is 1. The summed E-state index contributed by atoms with van der Waals surface area (Å²) in [6, 6.07) is 1.65. The topological polar surface area (TPSA) is 47.9 Å². The van der Waals surface area contributed by atoms with Crippen molar-refractivity contribution in [2.24, 2.45) is 0 Å². The Hall–Kier alpha value is -1.13. The Morgan fingerprint density at radius 1 is 1.17 bits per heavy atom. The Labute approximate surface area is 111 Å². The maximum atomic E-state index is 10.1. The fraction of sp³-hybridized carbons (Fsp3) is 0.538. The molecule has 0 atom stereocenters. The highest BCUT2D eigenvalue weighted by Gasteiger charge is 2.42. The molecule has 1 saturated carbocycles. The molecule has 5 heteroatoms. The summed E-state index contributed by atoms with van der Waals surface area (Å²) in [6.45, 7) is 0. The van der Waals surface area contributed by atoms with Crippen LogP contribution in [0.5, 0.6) is 17.2 Å². The summed E-state index contributed by atoms with van der Waals surface area (Å²) in [4.78, 5) is 0. The lowest BCUT2D eigenvalue weighted by Gasteiger charge is -2.19. The minimum absolute atomic E-state index is 0.453. The summed E-state index contributed by atoms with van der Waals surface area (Å²) in [7, 11) is 4.66. The molecule has 0 unspecified atom stereocenters. The highest BCUT2D eigenvalue weighted by molar-refractivity contribution is 6.32. The normalized spacial score (nSPS) is 16.3. The van der Waals surface area contributed by atoms with Crippen molar-refractivity contribution in [3.63, 3.8) is 0 Å². The highest BCUT2D eigenvalue weighted by atomic mass is 35.5. The fourth-order valence-electron chi connectivity index (χ4n) is 2.05. The van der Waals surface area contributed by atoms with Gasteiger partial charge in [0.15, 0.2) is 11.5 Å². The first-order chi connectivity index (χ1) is 8.54. The third kappa shape index (κ3) is 2.35. The van der Waals surface area contributed by atoms with Crippen molar-refractivity contribution in [3.8, 4) is 17.2 Å². The summed E-state index contributed by atoms with van der Waals surface area (Å²) < 4.78 is 15.9. The first-order valence-corrected chi connectivity index (χ1v) is 6.12. The third-order valence-corrected chi connectivity index (χ3v) is 3.49. The molecule has 100 valence electrons. The van der Waals surface area contributed by atoms with E-state index in [1.54, 1.807) is 27.4 Å². The highest BCUT2D eigenvalue weighted by Crippen LogP contribution is 2.48. The summed E-state index contributed by atoms with van der Waals surface area (Å²) in [5, 5.41) is 10.5. The van der Waals surface area contributed by atoms with Gasteiger partial charge in [-0.2, -0.15) is 0 Å². The average molecular weight is 273 g/mol. The van der Waals surface area contributed by atoms with Crippen molar-refractivity contribution >= 4 is 11.6 Å². The van der Waals surface area contributed by atoms with E-state index >= 15 is 0 Å². The van der Waals surface area contributed by atoms with Crippen LogP contribution in [-0.2, 0) is 6.42 Å². The summed E-state index contributed by atoms with van der Waals surface area (Å²) in [5.41, 5.74) is 0.0975. The summed E-state index contributed by atoms with van der Waals surface area (Å²) in [5.74, 6) is 1.65. The van der Waals surface area contributed by atoms with E-state index in [1.165, 1.54) is 0 Å². The smallest absolute Gasteiger partial charge is 0.167 e. The first kappa shape index (κ1) is 13.3. The van der Waals surface area contributed by atoms with Gasteiger partial charge < -0.3 is 19.3 Å². The predicted molar refractivity (Wildman–Crippen MR) is 69.0 cm³/mol. The lowest BCUT2D eigenvalue weighted by atomic mass is 10.0. The van der Waals surface area contributed by atoms with Crippen LogP contribution in [0.1, 0.15) is 18.4 Å². The van der Waals surface area contributed by atoms with Gasteiger partial charge in [-0.3, -0.25) is 0 Å². The van der Waals surface area contributed by atoms with E-state index in [0.717, 1.165) is 18.4 Å². The van der Waals surface area contributed by atoms with E-state index in [0.29, 0.717) is 28.7 Å². The monoisotopic (exact) mass is 272 g/mol. The van der Waals surface area contributed by atoms with Gasteiger partial charge >= 0.3 is 0 Å². The molecule has 4 nitrogen and oxygen atoms in total. The number of benzene rings is 1. The first-order valence-electron chi connectivity index (χ1n) is 5.74. The molecule has 0 heterocycles. The second-order valence-corrected chi connectivity index (χ2v) is 4.91. The summed E-state index contributed by atoms with van der Waals surface area (Å²) in [6.07, 6.45) is 2.03. The number of aliphatic hydroxyl groups is 1. The van der Waals surface area contributed by atoms with Crippen LogP contribution in [-0.4, -0.2) is 32.0 Å². The van der Waals surface area contributed by atoms with Gasteiger partial charge in [0.1, 0.15) is 5.75 Å². The molecule has 0 bridgehead atoms. The minimum Gasteiger partial charge on any atom is -0.495 e. The molecule has 2 rings (SSSR count). The molecule has 0 amide bonds. The average Bonchev–Trinajstić information content (AvgIpc) is 3.06. The Kier molecular flexibility index (Phi) is 3.59. The van der Waals surface area contributed by atoms with Crippen molar-refractivity contribution in [3.05, 3.63) is 16.7 Å². The molecule has 1 aromatic rings. The van der Waals surface area contributed by atoms with Gasteiger partial charge in [-0.25, -0.2) is 0 Å². The molecule has 0 aromatic heterocycles. The molecule has 0 aliphatic heterocycles. The van der Waals surface area contributed by atoms with Gasteiger partial charge in [-0.15, -0.1) is 0 Å². The van der Waals surface area contributed by atoms with Crippen molar-refractivity contribution in [2.45, 2.75) is 24.9 Å². The molecular formula is C13H17ClO4. The number of hydrogen-bond acceptors (Lipinski definition) is 4. The van der Waals surface area contributed by atoms with Gasteiger partial charge in [0.2, 0.25) is 0 Å². The van der Waals surface area contributed by atoms with Gasteiger partial charge in [0, 0.05) is 18.1 Å². The zero-order valence-corrected chi connectivity index (χ0v) is 11.5. The zero-order chi connectivity index (χ0) is 13.3. The number of rotatable bonds is 5. The van der Waals surface area contributed by atoms with Crippen molar-refractivity contribution in [2.75, 3.05) is 21.3 Å². The standard InChI is InChI=1S/C13H17ClO4/c1-16-10-6-9(14)11(17-2)8(12(10)18-3)7-13(15)4-5-13/h6,15H,4-5,7H2,1-3H3. The van der Waals surface area contributed by atoms with Crippen molar-refractivity contribution in [1.29, 1.82) is 0 Å². The SMILES string of the molecule is COc1cc(Cl)c(OC)c(CC2(O)CC2)c1OC. The summed E-state index contributed by atoms with van der Waals surface area (Å²) >= 11 is 6.15. The Balaban J connectivity index is 2.52. The van der Waals surface area contributed by atoms with E-state index in [2.05, 4.69) is 0 Å². The quantitative estimate of drug-likeness (QED) is 0.894. The van der Waals surface area contributed by atoms with Crippen molar-refractivity contribution in [1.82, 2.24) is 0 Å². The Bertz CT molecular complexity index is 455. The van der Waals surface area contributed by atoms with Crippen LogP contribution in [0.4, 0.5) is 0 Å². The minimum atomic E-state index is -0.656. The molecule has 1 aliphatic rings. The largest absolute Gasteiger partial charge is 0.495 e. The molecule has 1 aromatic carbocycles. The van der Waals surface area contributed by atoms with Crippen LogP contribution in [0.15, 0.2) is 6.07 Å². The molecule has 0 saturated heterocycles. The third-order valence-electron chi connectivity index (χ3n) is 3.21. The van der Waals surface area contributed by atoms with E-state index < -0.39 is 5.60 Å². The number of halogens is 1. The van der Waals surface area contributed by atoms with Crippen LogP contribution >= 0.6 is 11.6 Å². The van der Waals surface area contributed by atoms with Crippen LogP contribution in [0.25, 0.3) is 0 Å². The molecule has 1 fully saturated rings. The second kappa shape index (κ2) is 4.86.